The van der Waals surface area contributed by atoms with Crippen LogP contribution in [0.4, 0.5) is 0 Å². The highest BCUT2D eigenvalue weighted by molar-refractivity contribution is 5.88. The maximum atomic E-state index is 12.4. The highest BCUT2D eigenvalue weighted by Crippen LogP contribution is 2.23. The number of aliphatic hydroxyl groups excluding tert-OH is 1. The molecule has 6 heteroatoms. The minimum absolute atomic E-state index is 0.126. The Morgan fingerprint density at radius 2 is 2.11 bits per heavy atom. The van der Waals surface area contributed by atoms with Crippen LogP contribution in [0.5, 0.6) is 0 Å². The van der Waals surface area contributed by atoms with Crippen LogP contribution in [0.25, 0.3) is 0 Å². The van der Waals surface area contributed by atoms with E-state index in [0.717, 1.165) is 19.4 Å². The molecule has 4 atom stereocenters. The number of hydrogen-bond donors (Lipinski definition) is 3. The predicted octanol–water partition coefficient (Wildman–Crippen LogP) is -0.579. The monoisotopic (exact) mass is 256 g/mol. The summed E-state index contributed by atoms with van der Waals surface area (Å²) in [4.78, 5) is 24.8. The van der Waals surface area contributed by atoms with Gasteiger partial charge in [-0.3, -0.25) is 4.79 Å². The molecule has 0 saturated carbocycles. The molecule has 0 aromatic heterocycles. The molecule has 2 fully saturated rings. The van der Waals surface area contributed by atoms with Crippen molar-refractivity contribution < 1.29 is 19.8 Å². The zero-order valence-corrected chi connectivity index (χ0v) is 10.5. The zero-order chi connectivity index (χ0) is 13.3. The number of nitrogens with zero attached hydrogens (tertiary/aromatic N) is 1. The molecule has 3 N–H and O–H groups in total. The fraction of sp³-hybridized carbons (Fsp3) is 0.833. The average molecular weight is 256 g/mol. The van der Waals surface area contributed by atoms with Crippen LogP contribution >= 0.6 is 0 Å². The number of nitrogens with one attached hydrogen (secondary N) is 1. The largest absolute Gasteiger partial charge is 0.480 e. The van der Waals surface area contributed by atoms with Crippen molar-refractivity contribution in [3.8, 4) is 0 Å². The van der Waals surface area contributed by atoms with Crippen molar-refractivity contribution in [3.63, 3.8) is 0 Å². The summed E-state index contributed by atoms with van der Waals surface area (Å²) in [7, 11) is 0. The Morgan fingerprint density at radius 3 is 2.72 bits per heavy atom. The molecule has 2 aliphatic rings. The molecule has 0 bridgehead atoms. The third-order valence-electron chi connectivity index (χ3n) is 3.88. The van der Waals surface area contributed by atoms with E-state index in [9.17, 15) is 14.7 Å². The maximum Gasteiger partial charge on any atom is 0.326 e. The number of carbonyl (C=O) groups excluding carboxylic acids is 1. The first kappa shape index (κ1) is 13.3. The molecule has 6 nitrogen and oxygen atoms in total. The molecule has 102 valence electrons. The van der Waals surface area contributed by atoms with Gasteiger partial charge in [0.05, 0.1) is 12.1 Å². The molecule has 2 heterocycles. The Morgan fingerprint density at radius 1 is 1.39 bits per heavy atom. The molecule has 0 aromatic carbocycles. The molecule has 0 aromatic rings. The van der Waals surface area contributed by atoms with Crippen LogP contribution in [0.15, 0.2) is 0 Å². The van der Waals surface area contributed by atoms with Crippen LogP contribution in [-0.2, 0) is 9.59 Å². The van der Waals surface area contributed by atoms with Gasteiger partial charge in [0.25, 0.3) is 0 Å². The summed E-state index contributed by atoms with van der Waals surface area (Å²) in [5, 5.41) is 21.8. The first-order valence-electron chi connectivity index (χ1n) is 6.45. The average Bonchev–Trinajstić information content (AvgIpc) is 2.71. The van der Waals surface area contributed by atoms with E-state index in [1.807, 2.05) is 6.92 Å². The van der Waals surface area contributed by atoms with Crippen molar-refractivity contribution in [1.29, 1.82) is 0 Å². The van der Waals surface area contributed by atoms with Gasteiger partial charge >= 0.3 is 5.97 Å². The number of carbonyl (C=O) groups is 2. The number of carboxylic acids is 1. The van der Waals surface area contributed by atoms with E-state index in [1.165, 1.54) is 4.90 Å². The summed E-state index contributed by atoms with van der Waals surface area (Å²) in [5.41, 5.74) is 0. The summed E-state index contributed by atoms with van der Waals surface area (Å²) in [6.07, 6.45) is 1.41. The normalized spacial score (nSPS) is 36.7. The molecule has 0 spiro atoms. The number of hydrogen-bond acceptors (Lipinski definition) is 4. The number of aliphatic hydroxyl groups is 1. The van der Waals surface area contributed by atoms with Gasteiger partial charge in [-0.2, -0.15) is 0 Å². The summed E-state index contributed by atoms with van der Waals surface area (Å²) >= 11 is 0. The van der Waals surface area contributed by atoms with E-state index in [1.54, 1.807) is 0 Å². The van der Waals surface area contributed by atoms with E-state index in [2.05, 4.69) is 5.32 Å². The van der Waals surface area contributed by atoms with Crippen LogP contribution in [0.3, 0.4) is 0 Å². The molecule has 2 aliphatic heterocycles. The summed E-state index contributed by atoms with van der Waals surface area (Å²) in [5.74, 6) is -1.02. The zero-order valence-electron chi connectivity index (χ0n) is 10.5. The SMILES string of the molecule is CC1CCCNC1C(=O)N1CC(O)CC1C(=O)O. The van der Waals surface area contributed by atoms with Crippen molar-refractivity contribution in [2.24, 2.45) is 5.92 Å². The number of carboxylic acid groups (broad SMARTS) is 1. The van der Waals surface area contributed by atoms with E-state index >= 15 is 0 Å². The van der Waals surface area contributed by atoms with Gasteiger partial charge in [-0.15, -0.1) is 0 Å². The summed E-state index contributed by atoms with van der Waals surface area (Å²) in [6.45, 7) is 2.91. The first-order chi connectivity index (χ1) is 8.50. The Hall–Kier alpha value is -1.14. The van der Waals surface area contributed by atoms with Gasteiger partial charge in [-0.25, -0.2) is 4.79 Å². The van der Waals surface area contributed by atoms with E-state index in [-0.39, 0.29) is 30.8 Å². The Labute approximate surface area is 106 Å². The number of likely N-dealkylation sites (tertiary alicyclic amines) is 1. The van der Waals surface area contributed by atoms with E-state index < -0.39 is 18.1 Å². The molecule has 0 radical (unpaired) electrons. The van der Waals surface area contributed by atoms with Crippen LogP contribution in [0, 0.1) is 5.92 Å². The lowest BCUT2D eigenvalue weighted by atomic mass is 9.91. The van der Waals surface area contributed by atoms with Gasteiger partial charge in [0.2, 0.25) is 5.91 Å². The minimum atomic E-state index is -1.04. The minimum Gasteiger partial charge on any atom is -0.480 e. The molecular weight excluding hydrogens is 236 g/mol. The predicted molar refractivity (Wildman–Crippen MR) is 63.9 cm³/mol. The highest BCUT2D eigenvalue weighted by atomic mass is 16.4. The van der Waals surface area contributed by atoms with Crippen molar-refractivity contribution in [1.82, 2.24) is 10.2 Å². The lowest BCUT2D eigenvalue weighted by molar-refractivity contribution is -0.149. The number of rotatable bonds is 2. The number of aliphatic carboxylic acids is 1. The van der Waals surface area contributed by atoms with Gasteiger partial charge in [-0.05, 0) is 25.3 Å². The smallest absolute Gasteiger partial charge is 0.326 e. The van der Waals surface area contributed by atoms with Gasteiger partial charge < -0.3 is 20.4 Å². The number of β-amino-alcohol motifs (C(OH)–C–C–N with tert-alkyl or cyclic N) is 1. The Bertz CT molecular complexity index is 347. The van der Waals surface area contributed by atoms with Gasteiger partial charge in [0.1, 0.15) is 6.04 Å². The first-order valence-corrected chi connectivity index (χ1v) is 6.45. The second-order valence-corrected chi connectivity index (χ2v) is 5.29. The van der Waals surface area contributed by atoms with Crippen molar-refractivity contribution in [2.45, 2.75) is 44.4 Å². The van der Waals surface area contributed by atoms with Gasteiger partial charge in [0.15, 0.2) is 0 Å². The van der Waals surface area contributed by atoms with Crippen molar-refractivity contribution in [2.75, 3.05) is 13.1 Å². The third kappa shape index (κ3) is 2.49. The molecule has 2 rings (SSSR count). The summed E-state index contributed by atoms with van der Waals surface area (Å²) in [6, 6.07) is -1.20. The topological polar surface area (TPSA) is 89.9 Å². The molecule has 1 amide bonds. The Kier molecular flexibility index (Phi) is 3.87. The Balaban J connectivity index is 2.09. The fourth-order valence-corrected chi connectivity index (χ4v) is 2.85. The number of piperidine rings is 1. The molecular formula is C12H20N2O4. The van der Waals surface area contributed by atoms with Crippen LogP contribution in [0.1, 0.15) is 26.2 Å². The summed E-state index contributed by atoms with van der Waals surface area (Å²) < 4.78 is 0. The van der Waals surface area contributed by atoms with Crippen LogP contribution in [0.2, 0.25) is 0 Å². The highest BCUT2D eigenvalue weighted by Gasteiger charge is 2.42. The van der Waals surface area contributed by atoms with Crippen molar-refractivity contribution >= 4 is 11.9 Å². The second-order valence-electron chi connectivity index (χ2n) is 5.29. The maximum absolute atomic E-state index is 12.4. The molecule has 18 heavy (non-hydrogen) atoms. The number of amides is 1. The lowest BCUT2D eigenvalue weighted by Crippen LogP contribution is -2.54. The standard InChI is InChI=1S/C12H20N2O4/c1-7-3-2-4-13-10(7)11(16)14-6-8(15)5-9(14)12(17)18/h7-10,13,15H,2-6H2,1H3,(H,17,18). The van der Waals surface area contributed by atoms with Crippen molar-refractivity contribution in [3.05, 3.63) is 0 Å². The second kappa shape index (κ2) is 5.24. The van der Waals surface area contributed by atoms with Gasteiger partial charge in [-0.1, -0.05) is 6.92 Å². The van der Waals surface area contributed by atoms with E-state index in [4.69, 9.17) is 5.11 Å². The molecule has 2 saturated heterocycles. The van der Waals surface area contributed by atoms with Crippen LogP contribution in [-0.4, -0.2) is 58.3 Å². The lowest BCUT2D eigenvalue weighted by Gasteiger charge is -2.33. The molecule has 0 aliphatic carbocycles. The molecule has 4 unspecified atom stereocenters. The van der Waals surface area contributed by atoms with Crippen LogP contribution < -0.4 is 5.32 Å². The van der Waals surface area contributed by atoms with E-state index in [0.29, 0.717) is 0 Å². The quantitative estimate of drug-likeness (QED) is 0.615. The fourth-order valence-electron chi connectivity index (χ4n) is 2.85. The van der Waals surface area contributed by atoms with Gasteiger partial charge in [0, 0.05) is 13.0 Å². The third-order valence-corrected chi connectivity index (χ3v) is 3.88.